The van der Waals surface area contributed by atoms with Crippen LogP contribution in [-0.2, 0) is 4.74 Å². The Morgan fingerprint density at radius 2 is 1.73 bits per heavy atom. The molecule has 3 amide bonds. The molecule has 2 rings (SSSR count). The monoisotopic (exact) mass is 312 g/mol. The zero-order chi connectivity index (χ0) is 15.9. The van der Waals surface area contributed by atoms with Crippen molar-refractivity contribution in [3.8, 4) is 0 Å². The second-order valence-corrected chi connectivity index (χ2v) is 6.26. The fourth-order valence-corrected chi connectivity index (χ4v) is 3.31. The summed E-state index contributed by atoms with van der Waals surface area (Å²) in [6, 6.07) is -0.0860. The summed E-state index contributed by atoms with van der Waals surface area (Å²) in [5.41, 5.74) is 0. The molecule has 2 aliphatic rings. The lowest BCUT2D eigenvalue weighted by molar-refractivity contribution is 0.0910. The molecule has 7 heteroatoms. The van der Waals surface area contributed by atoms with E-state index in [9.17, 15) is 9.59 Å². The number of nitrogens with two attached hydrogens (primary N) is 1. The quantitative estimate of drug-likeness (QED) is 0.477. The fourth-order valence-electron chi connectivity index (χ4n) is 3.31. The maximum atomic E-state index is 12.4. The van der Waals surface area contributed by atoms with E-state index in [0.29, 0.717) is 19.6 Å². The lowest BCUT2D eigenvalue weighted by Crippen LogP contribution is -2.51. The molecule has 7 nitrogen and oxygen atoms in total. The predicted molar refractivity (Wildman–Crippen MR) is 83.0 cm³/mol. The second kappa shape index (κ2) is 8.22. The largest absolute Gasteiger partial charge is 0.453 e. The first-order valence-electron chi connectivity index (χ1n) is 8.26. The summed E-state index contributed by atoms with van der Waals surface area (Å²) < 4.78 is 4.77. The van der Waals surface area contributed by atoms with E-state index in [2.05, 4.69) is 0 Å². The van der Waals surface area contributed by atoms with Crippen LogP contribution < -0.4 is 5.84 Å². The van der Waals surface area contributed by atoms with Crippen molar-refractivity contribution in [2.24, 2.45) is 11.8 Å². The first kappa shape index (κ1) is 16.9. The van der Waals surface area contributed by atoms with Gasteiger partial charge >= 0.3 is 12.1 Å². The van der Waals surface area contributed by atoms with Crippen molar-refractivity contribution in [3.05, 3.63) is 0 Å². The number of hydrogen-bond acceptors (Lipinski definition) is 4. The molecule has 0 spiro atoms. The maximum absolute atomic E-state index is 12.4. The Labute approximate surface area is 132 Å². The number of piperidine rings is 1. The highest BCUT2D eigenvalue weighted by Crippen LogP contribution is 2.18. The minimum atomic E-state index is -0.299. The van der Waals surface area contributed by atoms with Crippen LogP contribution in [0.15, 0.2) is 0 Å². The summed E-state index contributed by atoms with van der Waals surface area (Å²) in [6.07, 6.45) is 6.08. The van der Waals surface area contributed by atoms with Gasteiger partial charge in [0.05, 0.1) is 7.11 Å². The normalized spacial score (nSPS) is 22.9. The van der Waals surface area contributed by atoms with Crippen LogP contribution in [0.25, 0.3) is 0 Å². The molecule has 0 aliphatic carbocycles. The number of rotatable bonds is 2. The number of carbonyl (C=O) groups is 2. The number of carbonyl (C=O) groups excluding carboxylic acids is 2. The summed E-state index contributed by atoms with van der Waals surface area (Å²) in [4.78, 5) is 27.6. The van der Waals surface area contributed by atoms with Gasteiger partial charge in [-0.2, -0.15) is 0 Å². The van der Waals surface area contributed by atoms with Gasteiger partial charge < -0.3 is 14.5 Å². The van der Waals surface area contributed by atoms with Crippen molar-refractivity contribution in [1.29, 1.82) is 0 Å². The Hall–Kier alpha value is -1.50. The highest BCUT2D eigenvalue weighted by Gasteiger charge is 2.27. The first-order valence-corrected chi connectivity index (χ1v) is 8.26. The van der Waals surface area contributed by atoms with Crippen molar-refractivity contribution >= 4 is 12.1 Å². The van der Waals surface area contributed by atoms with Gasteiger partial charge in [0.2, 0.25) is 0 Å². The van der Waals surface area contributed by atoms with Gasteiger partial charge in [0, 0.05) is 32.7 Å². The minimum absolute atomic E-state index is 0.0860. The molecule has 0 aromatic rings. The van der Waals surface area contributed by atoms with E-state index < -0.39 is 0 Å². The molecule has 0 aromatic carbocycles. The molecule has 0 saturated carbocycles. The molecule has 2 fully saturated rings. The van der Waals surface area contributed by atoms with Crippen molar-refractivity contribution < 1.29 is 14.3 Å². The number of likely N-dealkylation sites (tertiary alicyclic amines) is 2. The molecule has 0 radical (unpaired) electrons. The molecule has 2 saturated heterocycles. The van der Waals surface area contributed by atoms with Crippen molar-refractivity contribution in [3.63, 3.8) is 0 Å². The Kier molecular flexibility index (Phi) is 6.30. The summed E-state index contributed by atoms with van der Waals surface area (Å²) in [5, 5.41) is 1.33. The van der Waals surface area contributed by atoms with Crippen LogP contribution in [0.2, 0.25) is 0 Å². The van der Waals surface area contributed by atoms with Crippen LogP contribution in [0.5, 0.6) is 0 Å². The van der Waals surface area contributed by atoms with E-state index in [1.165, 1.54) is 25.0 Å². The number of amides is 3. The smallest absolute Gasteiger partial charge is 0.409 e. The number of urea groups is 1. The lowest BCUT2D eigenvalue weighted by Gasteiger charge is -2.34. The fraction of sp³-hybridized carbons (Fsp3) is 0.867. The predicted octanol–water partition coefficient (Wildman–Crippen LogP) is 1.64. The molecular weight excluding hydrogens is 284 g/mol. The van der Waals surface area contributed by atoms with E-state index >= 15 is 0 Å². The zero-order valence-corrected chi connectivity index (χ0v) is 13.5. The lowest BCUT2D eigenvalue weighted by atomic mass is 9.98. The van der Waals surface area contributed by atoms with Gasteiger partial charge in [0.25, 0.3) is 0 Å². The highest BCUT2D eigenvalue weighted by atomic mass is 16.5. The Morgan fingerprint density at radius 3 is 2.36 bits per heavy atom. The van der Waals surface area contributed by atoms with Crippen LogP contribution in [0.1, 0.15) is 38.5 Å². The molecular formula is C15H28N4O3. The van der Waals surface area contributed by atoms with Gasteiger partial charge in [-0.15, -0.1) is 0 Å². The van der Waals surface area contributed by atoms with Gasteiger partial charge in [-0.1, -0.05) is 12.8 Å². The van der Waals surface area contributed by atoms with Gasteiger partial charge in [0.1, 0.15) is 0 Å². The van der Waals surface area contributed by atoms with Gasteiger partial charge in [-0.05, 0) is 31.6 Å². The average Bonchev–Trinajstić information content (AvgIpc) is 2.82. The maximum Gasteiger partial charge on any atom is 0.409 e. The van der Waals surface area contributed by atoms with Crippen LogP contribution in [0.3, 0.4) is 0 Å². The van der Waals surface area contributed by atoms with E-state index in [-0.39, 0.29) is 18.0 Å². The van der Waals surface area contributed by atoms with Crippen LogP contribution in [0, 0.1) is 5.92 Å². The number of ether oxygens (including phenoxy) is 1. The molecule has 126 valence electrons. The number of hydrogen-bond donors (Lipinski definition) is 1. The Balaban J connectivity index is 1.83. The van der Waals surface area contributed by atoms with Gasteiger partial charge in [-0.3, -0.25) is 5.01 Å². The Morgan fingerprint density at radius 1 is 1.09 bits per heavy atom. The molecule has 1 unspecified atom stereocenters. The van der Waals surface area contributed by atoms with Crippen molar-refractivity contribution in [2.45, 2.75) is 38.5 Å². The van der Waals surface area contributed by atoms with Gasteiger partial charge in [0.15, 0.2) is 0 Å². The van der Waals surface area contributed by atoms with E-state index in [1.54, 1.807) is 4.90 Å². The van der Waals surface area contributed by atoms with Gasteiger partial charge in [-0.25, -0.2) is 15.4 Å². The average molecular weight is 312 g/mol. The molecule has 2 heterocycles. The van der Waals surface area contributed by atoms with Crippen molar-refractivity contribution in [1.82, 2.24) is 14.8 Å². The molecule has 2 aliphatic heterocycles. The third-order valence-corrected chi connectivity index (χ3v) is 4.53. The number of hydrazine groups is 1. The van der Waals surface area contributed by atoms with E-state index in [4.69, 9.17) is 10.6 Å². The number of nitrogens with zero attached hydrogens (tertiary/aromatic N) is 3. The molecule has 1 atom stereocenters. The number of methoxy groups -OCH3 is 1. The zero-order valence-electron chi connectivity index (χ0n) is 13.5. The summed E-state index contributed by atoms with van der Waals surface area (Å²) >= 11 is 0. The van der Waals surface area contributed by atoms with E-state index in [1.807, 2.05) is 4.90 Å². The highest BCUT2D eigenvalue weighted by molar-refractivity contribution is 5.73. The third-order valence-electron chi connectivity index (χ3n) is 4.53. The molecule has 0 bridgehead atoms. The molecule has 2 N–H and O–H groups in total. The minimum Gasteiger partial charge on any atom is -0.453 e. The van der Waals surface area contributed by atoms with Crippen molar-refractivity contribution in [2.75, 3.05) is 39.8 Å². The van der Waals surface area contributed by atoms with Crippen LogP contribution in [0.4, 0.5) is 9.59 Å². The first-order chi connectivity index (χ1) is 10.6. The topological polar surface area (TPSA) is 79.1 Å². The summed E-state index contributed by atoms with van der Waals surface area (Å²) in [7, 11) is 1.39. The third kappa shape index (κ3) is 4.50. The summed E-state index contributed by atoms with van der Waals surface area (Å²) in [5.74, 6) is 6.21. The Bertz CT molecular complexity index is 383. The molecule has 22 heavy (non-hydrogen) atoms. The standard InChI is InChI=1S/C15H28N4O3/c1-22-15(21)18-10-6-7-13(11-18)12-19(16)14(20)17-8-4-2-3-5-9-17/h13H,2-12,16H2,1H3. The second-order valence-electron chi connectivity index (χ2n) is 6.26. The SMILES string of the molecule is COC(=O)N1CCCC(CN(N)C(=O)N2CCCCCC2)C1. The van der Waals surface area contributed by atoms with Crippen LogP contribution in [-0.4, -0.2) is 66.8 Å². The van der Waals surface area contributed by atoms with E-state index in [0.717, 1.165) is 38.8 Å². The summed E-state index contributed by atoms with van der Waals surface area (Å²) in [6.45, 7) is 3.40. The molecule has 0 aromatic heterocycles. The van der Waals surface area contributed by atoms with Crippen LogP contribution >= 0.6 is 0 Å².